The van der Waals surface area contributed by atoms with E-state index in [1.165, 1.54) is 10.6 Å². The van der Waals surface area contributed by atoms with Crippen molar-refractivity contribution in [2.24, 2.45) is 0 Å². The van der Waals surface area contributed by atoms with Crippen LogP contribution in [-0.2, 0) is 6.54 Å². The van der Waals surface area contributed by atoms with Crippen molar-refractivity contribution in [2.45, 2.75) is 6.54 Å². The molecule has 2 N–H and O–H groups in total. The summed E-state index contributed by atoms with van der Waals surface area (Å²) < 4.78 is 1.14. The second-order valence-corrected chi connectivity index (χ2v) is 5.51. The van der Waals surface area contributed by atoms with Crippen LogP contribution in [0, 0.1) is 0 Å². The SMILES string of the molecule is CN(Cc1ccc(N)cc1)c1cc(Br)cs1. The summed E-state index contributed by atoms with van der Waals surface area (Å²) >= 11 is 5.20. The van der Waals surface area contributed by atoms with Crippen LogP contribution in [0.3, 0.4) is 0 Å². The highest BCUT2D eigenvalue weighted by atomic mass is 79.9. The fraction of sp³-hybridized carbons (Fsp3) is 0.167. The Morgan fingerprint density at radius 1 is 1.31 bits per heavy atom. The summed E-state index contributed by atoms with van der Waals surface area (Å²) in [7, 11) is 2.09. The molecule has 2 nitrogen and oxygen atoms in total. The Balaban J connectivity index is 2.07. The number of nitrogen functional groups attached to an aromatic ring is 1. The first kappa shape index (κ1) is 11.5. The molecule has 0 bridgehead atoms. The predicted octanol–water partition coefficient (Wildman–Crippen LogP) is 3.73. The smallest absolute Gasteiger partial charge is 0.0920 e. The van der Waals surface area contributed by atoms with Gasteiger partial charge in [-0.1, -0.05) is 12.1 Å². The van der Waals surface area contributed by atoms with Crippen molar-refractivity contribution in [1.29, 1.82) is 0 Å². The molecule has 16 heavy (non-hydrogen) atoms. The molecule has 0 fully saturated rings. The number of benzene rings is 1. The molecular weight excluding hydrogens is 284 g/mol. The Kier molecular flexibility index (Phi) is 3.51. The van der Waals surface area contributed by atoms with E-state index in [9.17, 15) is 0 Å². The van der Waals surface area contributed by atoms with E-state index >= 15 is 0 Å². The van der Waals surface area contributed by atoms with E-state index < -0.39 is 0 Å². The lowest BCUT2D eigenvalue weighted by Crippen LogP contribution is -2.14. The van der Waals surface area contributed by atoms with Crippen LogP contribution in [0.25, 0.3) is 0 Å². The van der Waals surface area contributed by atoms with Gasteiger partial charge in [-0.25, -0.2) is 0 Å². The Labute approximate surface area is 108 Å². The Morgan fingerprint density at radius 2 is 2.00 bits per heavy atom. The van der Waals surface area contributed by atoms with E-state index in [2.05, 4.69) is 51.5 Å². The van der Waals surface area contributed by atoms with Gasteiger partial charge in [-0.2, -0.15) is 0 Å². The maximum atomic E-state index is 5.65. The third-order valence-corrected chi connectivity index (χ3v) is 4.13. The van der Waals surface area contributed by atoms with Crippen molar-refractivity contribution in [1.82, 2.24) is 0 Å². The minimum absolute atomic E-state index is 0.810. The number of halogens is 1. The van der Waals surface area contributed by atoms with Gasteiger partial charge in [0, 0.05) is 29.1 Å². The predicted molar refractivity (Wildman–Crippen MR) is 75.0 cm³/mol. The number of hydrogen-bond acceptors (Lipinski definition) is 3. The monoisotopic (exact) mass is 296 g/mol. The van der Waals surface area contributed by atoms with Crippen LogP contribution < -0.4 is 10.6 Å². The molecule has 0 atom stereocenters. The maximum absolute atomic E-state index is 5.65. The normalized spacial score (nSPS) is 10.4. The van der Waals surface area contributed by atoms with Gasteiger partial charge in [-0.15, -0.1) is 11.3 Å². The molecule has 0 saturated heterocycles. The Morgan fingerprint density at radius 3 is 2.56 bits per heavy atom. The summed E-state index contributed by atoms with van der Waals surface area (Å²) in [5, 5.41) is 3.35. The molecule has 0 amide bonds. The molecule has 4 heteroatoms. The zero-order valence-corrected chi connectivity index (χ0v) is 11.4. The van der Waals surface area contributed by atoms with E-state index in [4.69, 9.17) is 5.73 Å². The van der Waals surface area contributed by atoms with Crippen molar-refractivity contribution < 1.29 is 0 Å². The summed E-state index contributed by atoms with van der Waals surface area (Å²) in [5.74, 6) is 0. The largest absolute Gasteiger partial charge is 0.399 e. The van der Waals surface area contributed by atoms with Crippen LogP contribution in [0.2, 0.25) is 0 Å². The maximum Gasteiger partial charge on any atom is 0.0920 e. The zero-order chi connectivity index (χ0) is 11.5. The molecule has 1 heterocycles. The van der Waals surface area contributed by atoms with Crippen LogP contribution in [0.15, 0.2) is 40.2 Å². The van der Waals surface area contributed by atoms with Crippen molar-refractivity contribution >= 4 is 38.0 Å². The number of anilines is 2. The number of thiophene rings is 1. The fourth-order valence-corrected chi connectivity index (χ4v) is 2.87. The van der Waals surface area contributed by atoms with E-state index in [0.29, 0.717) is 0 Å². The first-order valence-electron chi connectivity index (χ1n) is 4.95. The van der Waals surface area contributed by atoms with Gasteiger partial charge in [0.15, 0.2) is 0 Å². The summed E-state index contributed by atoms with van der Waals surface area (Å²) in [6.45, 7) is 0.896. The Hall–Kier alpha value is -1.000. The van der Waals surface area contributed by atoms with E-state index in [1.807, 2.05) is 12.1 Å². The number of hydrogen-bond donors (Lipinski definition) is 1. The summed E-state index contributed by atoms with van der Waals surface area (Å²) in [6.07, 6.45) is 0. The summed E-state index contributed by atoms with van der Waals surface area (Å²) in [5.41, 5.74) is 7.73. The lowest BCUT2D eigenvalue weighted by molar-refractivity contribution is 0.935. The van der Waals surface area contributed by atoms with Gasteiger partial charge in [0.1, 0.15) is 0 Å². The minimum Gasteiger partial charge on any atom is -0.399 e. The third-order valence-electron chi connectivity index (χ3n) is 2.33. The molecule has 0 radical (unpaired) electrons. The second-order valence-electron chi connectivity index (χ2n) is 3.70. The van der Waals surface area contributed by atoms with Crippen LogP contribution in [0.5, 0.6) is 0 Å². The highest BCUT2D eigenvalue weighted by Gasteiger charge is 2.04. The second kappa shape index (κ2) is 4.89. The molecule has 84 valence electrons. The van der Waals surface area contributed by atoms with Gasteiger partial charge in [-0.05, 0) is 39.7 Å². The molecule has 0 aliphatic carbocycles. The topological polar surface area (TPSA) is 29.3 Å². The van der Waals surface area contributed by atoms with Crippen molar-refractivity contribution in [3.63, 3.8) is 0 Å². The van der Waals surface area contributed by atoms with Gasteiger partial charge in [0.2, 0.25) is 0 Å². The quantitative estimate of drug-likeness (QED) is 0.875. The number of nitrogens with zero attached hydrogens (tertiary/aromatic N) is 1. The molecule has 0 spiro atoms. The van der Waals surface area contributed by atoms with Crippen molar-refractivity contribution in [3.8, 4) is 0 Å². The average molecular weight is 297 g/mol. The molecule has 0 aliphatic rings. The Bertz CT molecular complexity index is 464. The van der Waals surface area contributed by atoms with E-state index in [1.54, 1.807) is 11.3 Å². The lowest BCUT2D eigenvalue weighted by atomic mass is 10.2. The lowest BCUT2D eigenvalue weighted by Gasteiger charge is -2.16. The van der Waals surface area contributed by atoms with Crippen LogP contribution in [0.1, 0.15) is 5.56 Å². The summed E-state index contributed by atoms with van der Waals surface area (Å²) in [4.78, 5) is 2.22. The number of rotatable bonds is 3. The standard InChI is InChI=1S/C12H13BrN2S/c1-15(12-6-10(13)8-16-12)7-9-2-4-11(14)5-3-9/h2-6,8H,7,14H2,1H3. The van der Waals surface area contributed by atoms with Crippen LogP contribution in [0.4, 0.5) is 10.7 Å². The van der Waals surface area contributed by atoms with Gasteiger partial charge < -0.3 is 10.6 Å². The third kappa shape index (κ3) is 2.77. The molecule has 0 aliphatic heterocycles. The first-order valence-corrected chi connectivity index (χ1v) is 6.62. The van der Waals surface area contributed by atoms with E-state index in [-0.39, 0.29) is 0 Å². The van der Waals surface area contributed by atoms with Gasteiger partial charge >= 0.3 is 0 Å². The van der Waals surface area contributed by atoms with E-state index in [0.717, 1.165) is 16.7 Å². The fourth-order valence-electron chi connectivity index (χ4n) is 1.48. The van der Waals surface area contributed by atoms with Gasteiger partial charge in [-0.3, -0.25) is 0 Å². The van der Waals surface area contributed by atoms with Crippen molar-refractivity contribution in [3.05, 3.63) is 45.7 Å². The van der Waals surface area contributed by atoms with Crippen LogP contribution >= 0.6 is 27.3 Å². The van der Waals surface area contributed by atoms with Crippen LogP contribution in [-0.4, -0.2) is 7.05 Å². The first-order chi connectivity index (χ1) is 7.65. The zero-order valence-electron chi connectivity index (χ0n) is 8.98. The highest BCUT2D eigenvalue weighted by molar-refractivity contribution is 9.10. The molecule has 2 aromatic rings. The van der Waals surface area contributed by atoms with Gasteiger partial charge in [0.05, 0.1) is 5.00 Å². The molecule has 1 aromatic carbocycles. The minimum atomic E-state index is 0.810. The molecule has 0 unspecified atom stereocenters. The average Bonchev–Trinajstić information content (AvgIpc) is 2.68. The van der Waals surface area contributed by atoms with Gasteiger partial charge in [0.25, 0.3) is 0 Å². The molecular formula is C12H13BrN2S. The highest BCUT2D eigenvalue weighted by Crippen LogP contribution is 2.28. The molecule has 2 rings (SSSR count). The molecule has 1 aromatic heterocycles. The van der Waals surface area contributed by atoms with Crippen molar-refractivity contribution in [2.75, 3.05) is 17.7 Å². The number of nitrogens with two attached hydrogens (primary N) is 1. The summed E-state index contributed by atoms with van der Waals surface area (Å²) in [6, 6.07) is 10.1. The molecule has 0 saturated carbocycles.